The summed E-state index contributed by atoms with van der Waals surface area (Å²) < 4.78 is 4.77. The van der Waals surface area contributed by atoms with E-state index in [4.69, 9.17) is 9.84 Å². The molecule has 1 aromatic carbocycles. The van der Waals surface area contributed by atoms with Crippen LogP contribution in [0, 0.1) is 0 Å². The zero-order valence-corrected chi connectivity index (χ0v) is 9.78. The minimum Gasteiger partial charge on any atom is -0.504 e. The summed E-state index contributed by atoms with van der Waals surface area (Å²) in [6.07, 6.45) is 3.45. The van der Waals surface area contributed by atoms with Crippen LogP contribution in [0.1, 0.15) is 12.0 Å². The smallest absolute Gasteiger partial charge is 0.329 e. The number of phenols is 2. The molecule has 0 radical (unpaired) electrons. The van der Waals surface area contributed by atoms with Crippen molar-refractivity contribution in [2.45, 2.75) is 12.4 Å². The molecule has 0 fully saturated rings. The SMILES string of the molecule is O=C1C=C(C=Cc2ccc(O)c(O)c2)OC(O)(O)C1. The molecule has 1 aliphatic heterocycles. The highest BCUT2D eigenvalue weighted by atomic mass is 16.8. The molecule has 0 saturated heterocycles. The lowest BCUT2D eigenvalue weighted by molar-refractivity contribution is -0.318. The standard InChI is InChI=1S/C13H12O6/c14-9-6-10(19-13(17,18)7-9)3-1-8-2-4-11(15)12(16)5-8/h1-6,15-18H,7H2. The number of carbonyl (C=O) groups is 1. The van der Waals surface area contributed by atoms with Gasteiger partial charge in [-0.1, -0.05) is 12.1 Å². The summed E-state index contributed by atoms with van der Waals surface area (Å²) >= 11 is 0. The van der Waals surface area contributed by atoms with Crippen molar-refractivity contribution < 1.29 is 30.0 Å². The Balaban J connectivity index is 2.18. The number of hydrogen-bond donors (Lipinski definition) is 4. The highest BCUT2D eigenvalue weighted by Crippen LogP contribution is 2.26. The molecule has 6 heteroatoms. The molecule has 2 rings (SSSR count). The molecule has 0 bridgehead atoms. The number of hydrogen-bond acceptors (Lipinski definition) is 6. The fourth-order valence-electron chi connectivity index (χ4n) is 1.60. The zero-order chi connectivity index (χ0) is 14.0. The van der Waals surface area contributed by atoms with Crippen molar-refractivity contribution in [3.05, 3.63) is 41.7 Å². The molecule has 1 heterocycles. The number of ether oxygens (including phenoxy) is 1. The van der Waals surface area contributed by atoms with E-state index in [0.29, 0.717) is 5.56 Å². The van der Waals surface area contributed by atoms with Gasteiger partial charge in [0.15, 0.2) is 17.3 Å². The molecule has 0 aliphatic carbocycles. The fourth-order valence-corrected chi connectivity index (χ4v) is 1.60. The molecule has 1 aliphatic rings. The second-order valence-corrected chi connectivity index (χ2v) is 4.12. The Morgan fingerprint density at radius 2 is 1.89 bits per heavy atom. The van der Waals surface area contributed by atoms with Gasteiger partial charge in [0.2, 0.25) is 0 Å². The zero-order valence-electron chi connectivity index (χ0n) is 9.78. The maximum Gasteiger partial charge on any atom is 0.329 e. The molecule has 19 heavy (non-hydrogen) atoms. The van der Waals surface area contributed by atoms with Crippen molar-refractivity contribution >= 4 is 11.9 Å². The molecule has 0 aromatic heterocycles. The van der Waals surface area contributed by atoms with Gasteiger partial charge in [0.25, 0.3) is 0 Å². The van der Waals surface area contributed by atoms with Crippen LogP contribution in [0.25, 0.3) is 6.08 Å². The van der Waals surface area contributed by atoms with Gasteiger partial charge in [-0.05, 0) is 23.8 Å². The largest absolute Gasteiger partial charge is 0.504 e. The second-order valence-electron chi connectivity index (χ2n) is 4.12. The molecule has 0 spiro atoms. The number of phenolic OH excluding ortho intramolecular Hbond substituents is 2. The number of allylic oxidation sites excluding steroid dienone is 2. The van der Waals surface area contributed by atoms with Gasteiger partial charge in [-0.25, -0.2) is 0 Å². The summed E-state index contributed by atoms with van der Waals surface area (Å²) in [5, 5.41) is 37.0. The van der Waals surface area contributed by atoms with Crippen LogP contribution in [-0.2, 0) is 9.53 Å². The van der Waals surface area contributed by atoms with Gasteiger partial charge >= 0.3 is 5.97 Å². The van der Waals surface area contributed by atoms with E-state index in [0.717, 1.165) is 6.08 Å². The van der Waals surface area contributed by atoms with Gasteiger partial charge in [-0.2, -0.15) is 0 Å². The van der Waals surface area contributed by atoms with Crippen LogP contribution in [0.5, 0.6) is 11.5 Å². The summed E-state index contributed by atoms with van der Waals surface area (Å²) in [5.41, 5.74) is 0.541. The summed E-state index contributed by atoms with van der Waals surface area (Å²) in [6, 6.07) is 4.14. The number of aromatic hydroxyl groups is 2. The summed E-state index contributed by atoms with van der Waals surface area (Å²) in [6.45, 7) is 0. The second kappa shape index (κ2) is 4.75. The van der Waals surface area contributed by atoms with Crippen molar-refractivity contribution in [2.75, 3.05) is 0 Å². The van der Waals surface area contributed by atoms with Crippen LogP contribution in [0.3, 0.4) is 0 Å². The van der Waals surface area contributed by atoms with E-state index in [1.807, 2.05) is 0 Å². The lowest BCUT2D eigenvalue weighted by atomic mass is 10.1. The third-order valence-electron chi connectivity index (χ3n) is 2.43. The first kappa shape index (κ1) is 13.1. The van der Waals surface area contributed by atoms with Gasteiger partial charge in [0, 0.05) is 6.08 Å². The first-order chi connectivity index (χ1) is 8.85. The molecule has 6 nitrogen and oxygen atoms in total. The van der Waals surface area contributed by atoms with E-state index in [2.05, 4.69) is 0 Å². The Morgan fingerprint density at radius 1 is 1.16 bits per heavy atom. The van der Waals surface area contributed by atoms with Crippen molar-refractivity contribution in [2.24, 2.45) is 0 Å². The topological polar surface area (TPSA) is 107 Å². The average molecular weight is 264 g/mol. The van der Waals surface area contributed by atoms with Crippen molar-refractivity contribution in [1.82, 2.24) is 0 Å². The Labute approximate surface area is 108 Å². The van der Waals surface area contributed by atoms with Crippen LogP contribution in [0.15, 0.2) is 36.1 Å². The van der Waals surface area contributed by atoms with Crippen molar-refractivity contribution in [3.8, 4) is 11.5 Å². The minimum atomic E-state index is -2.50. The van der Waals surface area contributed by atoms with Gasteiger partial charge in [0.1, 0.15) is 12.2 Å². The van der Waals surface area contributed by atoms with Gasteiger partial charge in [-0.15, -0.1) is 0 Å². The number of aliphatic hydroxyl groups is 2. The highest BCUT2D eigenvalue weighted by molar-refractivity contribution is 5.91. The number of benzene rings is 1. The summed E-state index contributed by atoms with van der Waals surface area (Å²) in [7, 11) is 0. The lowest BCUT2D eigenvalue weighted by Crippen LogP contribution is -2.36. The molecular weight excluding hydrogens is 252 g/mol. The quantitative estimate of drug-likeness (QED) is 0.461. The third-order valence-corrected chi connectivity index (χ3v) is 2.43. The van der Waals surface area contributed by atoms with Crippen LogP contribution in [-0.4, -0.2) is 32.2 Å². The average Bonchev–Trinajstić information content (AvgIpc) is 2.28. The molecule has 0 amide bonds. The van der Waals surface area contributed by atoms with Crippen LogP contribution < -0.4 is 0 Å². The predicted molar refractivity (Wildman–Crippen MR) is 64.8 cm³/mol. The van der Waals surface area contributed by atoms with Crippen LogP contribution >= 0.6 is 0 Å². The monoisotopic (exact) mass is 264 g/mol. The Kier molecular flexibility index (Phi) is 3.28. The van der Waals surface area contributed by atoms with E-state index in [1.165, 1.54) is 30.4 Å². The van der Waals surface area contributed by atoms with E-state index in [1.54, 1.807) is 0 Å². The van der Waals surface area contributed by atoms with E-state index in [9.17, 15) is 20.1 Å². The fraction of sp³-hybridized carbons (Fsp3) is 0.154. The first-order valence-corrected chi connectivity index (χ1v) is 5.44. The molecular formula is C13H12O6. The Hall–Kier alpha value is -2.31. The van der Waals surface area contributed by atoms with Crippen molar-refractivity contribution in [1.29, 1.82) is 0 Å². The first-order valence-electron chi connectivity index (χ1n) is 5.44. The highest BCUT2D eigenvalue weighted by Gasteiger charge is 2.33. The summed E-state index contributed by atoms with van der Waals surface area (Å²) in [4.78, 5) is 11.2. The maximum absolute atomic E-state index is 11.2. The molecule has 100 valence electrons. The third kappa shape index (κ3) is 3.34. The molecule has 0 unspecified atom stereocenters. The normalized spacial score (nSPS) is 18.2. The van der Waals surface area contributed by atoms with Gasteiger partial charge in [-0.3, -0.25) is 4.79 Å². The lowest BCUT2D eigenvalue weighted by Gasteiger charge is -2.25. The van der Waals surface area contributed by atoms with Gasteiger partial charge < -0.3 is 25.2 Å². The number of rotatable bonds is 2. The van der Waals surface area contributed by atoms with Gasteiger partial charge in [0.05, 0.1) is 0 Å². The Bertz CT molecular complexity index is 570. The van der Waals surface area contributed by atoms with E-state index >= 15 is 0 Å². The molecule has 4 N–H and O–H groups in total. The number of ketones is 1. The summed E-state index contributed by atoms with van der Waals surface area (Å²) in [5.74, 6) is -3.50. The predicted octanol–water partition coefficient (Wildman–Crippen LogP) is 0.623. The molecule has 1 aromatic rings. The van der Waals surface area contributed by atoms with E-state index < -0.39 is 18.2 Å². The minimum absolute atomic E-state index is 0.00573. The molecule has 0 saturated carbocycles. The van der Waals surface area contributed by atoms with Crippen LogP contribution in [0.2, 0.25) is 0 Å². The number of carbonyl (C=O) groups excluding carboxylic acids is 1. The molecule has 0 atom stereocenters. The van der Waals surface area contributed by atoms with Crippen molar-refractivity contribution in [3.63, 3.8) is 0 Å². The maximum atomic E-state index is 11.2. The Morgan fingerprint density at radius 3 is 2.53 bits per heavy atom. The van der Waals surface area contributed by atoms with E-state index in [-0.39, 0.29) is 17.3 Å². The van der Waals surface area contributed by atoms with Crippen LogP contribution in [0.4, 0.5) is 0 Å².